The molecule has 0 radical (unpaired) electrons. The van der Waals surface area contributed by atoms with E-state index in [0.29, 0.717) is 16.5 Å². The first-order chi connectivity index (χ1) is 12.1. The fourth-order valence-electron chi connectivity index (χ4n) is 2.23. The topological polar surface area (TPSA) is 75.7 Å². The first-order valence-electron chi connectivity index (χ1n) is 7.51. The standard InChI is InChI=1S/C17H18Cl2N2O4S/c1-11-8-12(18)4-6-15(11)20-17(22)10-21(2)26(23,24)13-5-7-16(25-3)14(19)9-13/h4-9H,10H2,1-3H3,(H,20,22). The van der Waals surface area contributed by atoms with E-state index in [1.165, 1.54) is 32.4 Å². The van der Waals surface area contributed by atoms with Crippen LogP contribution >= 0.6 is 23.2 Å². The van der Waals surface area contributed by atoms with Gasteiger partial charge >= 0.3 is 0 Å². The second-order valence-corrected chi connectivity index (χ2v) is 8.45. The second-order valence-electron chi connectivity index (χ2n) is 5.56. The summed E-state index contributed by atoms with van der Waals surface area (Å²) in [7, 11) is -1.12. The lowest BCUT2D eigenvalue weighted by Gasteiger charge is -2.18. The minimum absolute atomic E-state index is 0.0266. The molecule has 0 fully saturated rings. The summed E-state index contributed by atoms with van der Waals surface area (Å²) in [5.41, 5.74) is 1.34. The van der Waals surface area contributed by atoms with Crippen molar-refractivity contribution in [2.45, 2.75) is 11.8 Å². The van der Waals surface area contributed by atoms with E-state index >= 15 is 0 Å². The SMILES string of the molecule is COc1ccc(S(=O)(=O)N(C)CC(=O)Nc2ccc(Cl)cc2C)cc1Cl. The molecule has 26 heavy (non-hydrogen) atoms. The average molecular weight is 417 g/mol. The smallest absolute Gasteiger partial charge is 0.243 e. The Balaban J connectivity index is 2.13. The second kappa shape index (κ2) is 8.26. The zero-order chi connectivity index (χ0) is 19.5. The molecule has 2 aromatic carbocycles. The summed E-state index contributed by atoms with van der Waals surface area (Å²) >= 11 is 11.9. The number of anilines is 1. The van der Waals surface area contributed by atoms with Gasteiger partial charge in [0.25, 0.3) is 0 Å². The van der Waals surface area contributed by atoms with Crippen molar-refractivity contribution in [3.05, 3.63) is 52.0 Å². The third-order valence-corrected chi connectivity index (χ3v) is 5.99. The Bertz CT molecular complexity index is 932. The van der Waals surface area contributed by atoms with Crippen molar-refractivity contribution in [1.82, 2.24) is 4.31 Å². The molecule has 0 atom stereocenters. The molecule has 0 spiro atoms. The van der Waals surface area contributed by atoms with Crippen molar-refractivity contribution in [3.8, 4) is 5.75 Å². The number of hydrogen-bond acceptors (Lipinski definition) is 4. The number of rotatable bonds is 6. The van der Waals surface area contributed by atoms with E-state index in [-0.39, 0.29) is 16.5 Å². The molecule has 0 aliphatic carbocycles. The lowest BCUT2D eigenvalue weighted by Crippen LogP contribution is -2.35. The van der Waals surface area contributed by atoms with Gasteiger partial charge in [-0.3, -0.25) is 4.79 Å². The summed E-state index contributed by atoms with van der Waals surface area (Å²) in [6, 6.07) is 9.12. The maximum atomic E-state index is 12.6. The lowest BCUT2D eigenvalue weighted by molar-refractivity contribution is -0.116. The average Bonchev–Trinajstić information content (AvgIpc) is 2.57. The van der Waals surface area contributed by atoms with E-state index in [0.717, 1.165) is 9.87 Å². The molecular formula is C17H18Cl2N2O4S. The third kappa shape index (κ3) is 4.67. The highest BCUT2D eigenvalue weighted by Crippen LogP contribution is 2.28. The normalized spacial score (nSPS) is 11.5. The Hall–Kier alpha value is -1.80. The molecule has 0 aliphatic heterocycles. The molecule has 0 unspecified atom stereocenters. The number of sulfonamides is 1. The Morgan fingerprint density at radius 2 is 1.88 bits per heavy atom. The Kier molecular flexibility index (Phi) is 6.52. The summed E-state index contributed by atoms with van der Waals surface area (Å²) in [5, 5.41) is 3.39. The number of carbonyl (C=O) groups excluding carboxylic acids is 1. The first kappa shape index (κ1) is 20.5. The first-order valence-corrected chi connectivity index (χ1v) is 9.70. The van der Waals surface area contributed by atoms with Crippen LogP contribution in [0, 0.1) is 6.92 Å². The van der Waals surface area contributed by atoms with Crippen LogP contribution in [0.3, 0.4) is 0 Å². The van der Waals surface area contributed by atoms with Crippen LogP contribution in [-0.2, 0) is 14.8 Å². The monoisotopic (exact) mass is 416 g/mol. The van der Waals surface area contributed by atoms with Crippen LogP contribution < -0.4 is 10.1 Å². The van der Waals surface area contributed by atoms with Gasteiger partial charge in [-0.2, -0.15) is 4.31 Å². The fourth-order valence-corrected chi connectivity index (χ4v) is 3.93. The number of ether oxygens (including phenoxy) is 1. The van der Waals surface area contributed by atoms with Crippen LogP contribution in [-0.4, -0.2) is 39.3 Å². The number of methoxy groups -OCH3 is 1. The zero-order valence-corrected chi connectivity index (χ0v) is 16.7. The van der Waals surface area contributed by atoms with Crippen molar-refractivity contribution in [1.29, 1.82) is 0 Å². The number of nitrogens with zero attached hydrogens (tertiary/aromatic N) is 1. The highest BCUT2D eigenvalue weighted by atomic mass is 35.5. The van der Waals surface area contributed by atoms with Gasteiger partial charge in [0.1, 0.15) is 5.75 Å². The molecule has 2 rings (SSSR count). The van der Waals surface area contributed by atoms with E-state index in [9.17, 15) is 13.2 Å². The molecule has 1 amide bonds. The minimum atomic E-state index is -3.88. The molecule has 6 nitrogen and oxygen atoms in total. The quantitative estimate of drug-likeness (QED) is 0.780. The molecule has 0 aromatic heterocycles. The van der Waals surface area contributed by atoms with Crippen molar-refractivity contribution < 1.29 is 17.9 Å². The van der Waals surface area contributed by atoms with E-state index in [2.05, 4.69) is 5.32 Å². The van der Waals surface area contributed by atoms with Crippen LogP contribution in [0.1, 0.15) is 5.56 Å². The molecule has 140 valence electrons. The van der Waals surface area contributed by atoms with E-state index in [1.54, 1.807) is 25.1 Å². The number of amides is 1. The molecule has 0 heterocycles. The maximum absolute atomic E-state index is 12.6. The molecule has 0 aliphatic rings. The highest BCUT2D eigenvalue weighted by Gasteiger charge is 2.24. The number of carbonyl (C=O) groups is 1. The largest absolute Gasteiger partial charge is 0.495 e. The molecule has 9 heteroatoms. The lowest BCUT2D eigenvalue weighted by atomic mass is 10.2. The van der Waals surface area contributed by atoms with Crippen LogP contribution in [0.4, 0.5) is 5.69 Å². The summed E-state index contributed by atoms with van der Waals surface area (Å²) in [4.78, 5) is 12.2. The number of aryl methyl sites for hydroxylation is 1. The van der Waals surface area contributed by atoms with Gasteiger partial charge in [-0.1, -0.05) is 23.2 Å². The Morgan fingerprint density at radius 3 is 2.46 bits per heavy atom. The van der Waals surface area contributed by atoms with Gasteiger partial charge < -0.3 is 10.1 Å². The van der Waals surface area contributed by atoms with Crippen molar-refractivity contribution in [3.63, 3.8) is 0 Å². The third-order valence-electron chi connectivity index (χ3n) is 3.66. The summed E-state index contributed by atoms with van der Waals surface area (Å²) in [6.45, 7) is 1.44. The molecule has 2 aromatic rings. The van der Waals surface area contributed by atoms with Gasteiger partial charge in [-0.25, -0.2) is 8.42 Å². The summed E-state index contributed by atoms with van der Waals surface area (Å²) in [5.74, 6) is -0.106. The van der Waals surface area contributed by atoms with Gasteiger partial charge in [-0.15, -0.1) is 0 Å². The Morgan fingerprint density at radius 1 is 1.19 bits per heavy atom. The highest BCUT2D eigenvalue weighted by molar-refractivity contribution is 7.89. The van der Waals surface area contributed by atoms with Gasteiger partial charge in [-0.05, 0) is 48.9 Å². The predicted molar refractivity (Wildman–Crippen MR) is 103 cm³/mol. The van der Waals surface area contributed by atoms with Crippen molar-refractivity contribution in [2.24, 2.45) is 0 Å². The molecule has 1 N–H and O–H groups in total. The number of halogens is 2. The summed E-state index contributed by atoms with van der Waals surface area (Å²) in [6.07, 6.45) is 0. The van der Waals surface area contributed by atoms with E-state index in [1.807, 2.05) is 0 Å². The number of nitrogens with one attached hydrogen (secondary N) is 1. The van der Waals surface area contributed by atoms with Crippen molar-refractivity contribution >= 4 is 44.8 Å². The minimum Gasteiger partial charge on any atom is -0.495 e. The molecule has 0 saturated heterocycles. The number of benzene rings is 2. The summed E-state index contributed by atoms with van der Waals surface area (Å²) < 4.78 is 31.2. The van der Waals surface area contributed by atoms with E-state index < -0.39 is 15.9 Å². The van der Waals surface area contributed by atoms with Crippen LogP contribution in [0.5, 0.6) is 5.75 Å². The number of hydrogen-bond donors (Lipinski definition) is 1. The van der Waals surface area contributed by atoms with Gasteiger partial charge in [0.15, 0.2) is 0 Å². The van der Waals surface area contributed by atoms with Gasteiger partial charge in [0.05, 0.1) is 23.6 Å². The Labute approximate surface area is 162 Å². The van der Waals surface area contributed by atoms with E-state index in [4.69, 9.17) is 27.9 Å². The molecule has 0 bridgehead atoms. The predicted octanol–water partition coefficient (Wildman–Crippen LogP) is 3.57. The van der Waals surface area contributed by atoms with Crippen LogP contribution in [0.2, 0.25) is 10.0 Å². The zero-order valence-electron chi connectivity index (χ0n) is 14.4. The fraction of sp³-hybridized carbons (Fsp3) is 0.235. The molecule has 0 saturated carbocycles. The van der Waals surface area contributed by atoms with Crippen LogP contribution in [0.15, 0.2) is 41.3 Å². The van der Waals surface area contributed by atoms with Gasteiger partial charge in [0, 0.05) is 17.8 Å². The molecular weight excluding hydrogens is 399 g/mol. The number of likely N-dealkylation sites (N-methyl/N-ethyl adjacent to an activating group) is 1. The van der Waals surface area contributed by atoms with Crippen molar-refractivity contribution in [2.75, 3.05) is 26.0 Å². The van der Waals surface area contributed by atoms with Gasteiger partial charge in [0.2, 0.25) is 15.9 Å². The maximum Gasteiger partial charge on any atom is 0.243 e. The van der Waals surface area contributed by atoms with Crippen LogP contribution in [0.25, 0.3) is 0 Å².